The van der Waals surface area contributed by atoms with Crippen molar-refractivity contribution in [2.45, 2.75) is 19.8 Å². The Balaban J connectivity index is 2.22. The quantitative estimate of drug-likeness (QED) is 0.834. The van der Waals surface area contributed by atoms with E-state index in [4.69, 9.17) is 9.26 Å². The number of benzene rings is 1. The van der Waals surface area contributed by atoms with Gasteiger partial charge in [0.15, 0.2) is 5.82 Å². The van der Waals surface area contributed by atoms with Gasteiger partial charge >= 0.3 is 0 Å². The lowest BCUT2D eigenvalue weighted by molar-refractivity contribution is 0.403. The smallest absolute Gasteiger partial charge is 0.250 e. The minimum atomic E-state index is -3.39. The maximum atomic E-state index is 11.4. The van der Waals surface area contributed by atoms with Gasteiger partial charge in [-0.15, -0.1) is 0 Å². The summed E-state index contributed by atoms with van der Waals surface area (Å²) in [6, 6.07) is 5.15. The highest BCUT2D eigenvalue weighted by Gasteiger charge is 2.09. The summed E-state index contributed by atoms with van der Waals surface area (Å²) in [5.74, 6) is 1.51. The number of sulfonamides is 1. The van der Waals surface area contributed by atoms with Crippen molar-refractivity contribution >= 4 is 27.9 Å². The predicted octanol–water partition coefficient (Wildman–Crippen LogP) is 2.57. The number of anilines is 1. The van der Waals surface area contributed by atoms with Crippen LogP contribution in [0.3, 0.4) is 0 Å². The van der Waals surface area contributed by atoms with E-state index in [0.29, 0.717) is 23.2 Å². The molecule has 0 atom stereocenters. The van der Waals surface area contributed by atoms with Crippen LogP contribution in [0, 0.1) is 0 Å². The highest BCUT2D eigenvalue weighted by atomic mass is 32.2. The molecule has 0 aliphatic rings. The van der Waals surface area contributed by atoms with Crippen molar-refractivity contribution in [2.75, 3.05) is 18.1 Å². The molecule has 1 N–H and O–H groups in total. The summed E-state index contributed by atoms with van der Waals surface area (Å²) in [4.78, 5) is 4.23. The summed E-state index contributed by atoms with van der Waals surface area (Å²) < 4.78 is 35.5. The maximum Gasteiger partial charge on any atom is 0.250 e. The van der Waals surface area contributed by atoms with Crippen molar-refractivity contribution < 1.29 is 17.7 Å². The van der Waals surface area contributed by atoms with E-state index < -0.39 is 10.0 Å². The molecule has 0 amide bonds. The Hall–Kier alpha value is -2.35. The zero-order chi connectivity index (χ0) is 16.9. The second-order valence-corrected chi connectivity index (χ2v) is 6.71. The van der Waals surface area contributed by atoms with Crippen LogP contribution in [0.15, 0.2) is 22.7 Å². The minimum Gasteiger partial charge on any atom is -0.495 e. The zero-order valence-electron chi connectivity index (χ0n) is 13.2. The molecular weight excluding hydrogens is 318 g/mol. The summed E-state index contributed by atoms with van der Waals surface area (Å²) in [6.07, 6.45) is 6.24. The molecule has 0 fully saturated rings. The van der Waals surface area contributed by atoms with Gasteiger partial charge in [0.05, 0.1) is 19.1 Å². The molecule has 2 rings (SSSR count). The largest absolute Gasteiger partial charge is 0.495 e. The van der Waals surface area contributed by atoms with Gasteiger partial charge < -0.3 is 9.26 Å². The van der Waals surface area contributed by atoms with E-state index in [-0.39, 0.29) is 0 Å². The summed E-state index contributed by atoms with van der Waals surface area (Å²) in [7, 11) is -1.91. The average Bonchev–Trinajstić information content (AvgIpc) is 2.92. The molecule has 8 heteroatoms. The fourth-order valence-electron chi connectivity index (χ4n) is 1.94. The van der Waals surface area contributed by atoms with Crippen LogP contribution in [-0.4, -0.2) is 31.9 Å². The van der Waals surface area contributed by atoms with E-state index in [0.717, 1.165) is 24.7 Å². The van der Waals surface area contributed by atoms with E-state index >= 15 is 0 Å². The third-order valence-corrected chi connectivity index (χ3v) is 3.49. The lowest BCUT2D eigenvalue weighted by Crippen LogP contribution is -2.10. The summed E-state index contributed by atoms with van der Waals surface area (Å²) in [6.45, 7) is 2.04. The van der Waals surface area contributed by atoms with Crippen molar-refractivity contribution in [1.82, 2.24) is 10.1 Å². The van der Waals surface area contributed by atoms with Crippen LogP contribution in [0.25, 0.3) is 12.2 Å². The molecule has 0 unspecified atom stereocenters. The number of ether oxygens (including phenoxy) is 1. The third-order valence-electron chi connectivity index (χ3n) is 2.89. The van der Waals surface area contributed by atoms with Crippen molar-refractivity contribution in [3.63, 3.8) is 0 Å². The molecule has 124 valence electrons. The fraction of sp³-hybridized carbons (Fsp3) is 0.333. The Morgan fingerprint density at radius 3 is 2.78 bits per heavy atom. The molecule has 2 aromatic rings. The zero-order valence-corrected chi connectivity index (χ0v) is 14.1. The van der Waals surface area contributed by atoms with E-state index in [1.165, 1.54) is 7.11 Å². The molecule has 0 spiro atoms. The monoisotopic (exact) mass is 337 g/mol. The van der Waals surface area contributed by atoms with Crippen molar-refractivity contribution in [3.8, 4) is 5.75 Å². The van der Waals surface area contributed by atoms with Crippen molar-refractivity contribution in [2.24, 2.45) is 0 Å². The molecule has 0 aliphatic carbocycles. The predicted molar refractivity (Wildman–Crippen MR) is 88.7 cm³/mol. The Labute approximate surface area is 135 Å². The normalized spacial score (nSPS) is 11.8. The number of aryl methyl sites for hydroxylation is 1. The summed E-state index contributed by atoms with van der Waals surface area (Å²) in [5, 5.41) is 3.86. The second kappa shape index (κ2) is 7.28. The average molecular weight is 337 g/mol. The van der Waals surface area contributed by atoms with Crippen molar-refractivity contribution in [3.05, 3.63) is 35.5 Å². The van der Waals surface area contributed by atoms with Crippen LogP contribution in [0.5, 0.6) is 5.75 Å². The van der Waals surface area contributed by atoms with Gasteiger partial charge in [0.25, 0.3) is 5.89 Å². The van der Waals surface area contributed by atoms with Gasteiger partial charge in [-0.1, -0.05) is 18.1 Å². The number of hydrogen-bond acceptors (Lipinski definition) is 6. The van der Waals surface area contributed by atoms with Crippen LogP contribution in [0.1, 0.15) is 30.6 Å². The highest BCUT2D eigenvalue weighted by Crippen LogP contribution is 2.27. The first-order valence-electron chi connectivity index (χ1n) is 7.07. The lowest BCUT2D eigenvalue weighted by atomic mass is 10.2. The van der Waals surface area contributed by atoms with Crippen molar-refractivity contribution in [1.29, 1.82) is 0 Å². The van der Waals surface area contributed by atoms with Crippen LogP contribution < -0.4 is 9.46 Å². The highest BCUT2D eigenvalue weighted by molar-refractivity contribution is 7.92. The minimum absolute atomic E-state index is 0.370. The fourth-order valence-corrected chi connectivity index (χ4v) is 2.50. The Bertz CT molecular complexity index is 797. The van der Waals surface area contributed by atoms with Crippen LogP contribution in [-0.2, 0) is 16.4 Å². The first-order valence-corrected chi connectivity index (χ1v) is 8.97. The SMILES string of the molecule is CCCc1noc(/C=C/c2ccc(OC)c(NS(C)(=O)=O)c2)n1. The van der Waals surface area contributed by atoms with Crippen LogP contribution >= 0.6 is 0 Å². The van der Waals surface area contributed by atoms with Gasteiger partial charge in [-0.05, 0) is 30.2 Å². The van der Waals surface area contributed by atoms with E-state index in [1.54, 1.807) is 30.4 Å². The molecule has 0 radical (unpaired) electrons. The Kier molecular flexibility index (Phi) is 5.38. The number of methoxy groups -OCH3 is 1. The van der Waals surface area contributed by atoms with Gasteiger partial charge in [0.2, 0.25) is 10.0 Å². The van der Waals surface area contributed by atoms with Crippen LogP contribution in [0.4, 0.5) is 5.69 Å². The van der Waals surface area contributed by atoms with E-state index in [2.05, 4.69) is 14.9 Å². The molecule has 23 heavy (non-hydrogen) atoms. The Morgan fingerprint density at radius 1 is 1.35 bits per heavy atom. The number of rotatable bonds is 7. The first-order chi connectivity index (χ1) is 10.9. The molecule has 0 saturated heterocycles. The van der Waals surface area contributed by atoms with E-state index in [9.17, 15) is 8.42 Å². The second-order valence-electron chi connectivity index (χ2n) is 4.97. The third kappa shape index (κ3) is 5.10. The molecule has 0 aliphatic heterocycles. The van der Waals surface area contributed by atoms with Gasteiger partial charge in [0.1, 0.15) is 5.75 Å². The molecule has 0 saturated carbocycles. The number of aromatic nitrogens is 2. The maximum absolute atomic E-state index is 11.4. The molecular formula is C15H19N3O4S. The van der Waals surface area contributed by atoms with Gasteiger partial charge in [-0.3, -0.25) is 4.72 Å². The number of nitrogens with one attached hydrogen (secondary N) is 1. The number of hydrogen-bond donors (Lipinski definition) is 1. The Morgan fingerprint density at radius 2 is 2.13 bits per heavy atom. The first kappa shape index (κ1) is 17.0. The van der Waals surface area contributed by atoms with Gasteiger partial charge in [-0.25, -0.2) is 8.42 Å². The number of nitrogens with zero attached hydrogens (tertiary/aromatic N) is 2. The molecule has 1 heterocycles. The lowest BCUT2D eigenvalue weighted by Gasteiger charge is -2.10. The summed E-state index contributed by atoms with van der Waals surface area (Å²) in [5.41, 5.74) is 1.14. The van der Waals surface area contributed by atoms with Gasteiger partial charge in [0, 0.05) is 12.5 Å². The molecule has 1 aromatic carbocycles. The topological polar surface area (TPSA) is 94.3 Å². The molecule has 0 bridgehead atoms. The van der Waals surface area contributed by atoms with Crippen LogP contribution in [0.2, 0.25) is 0 Å². The summed E-state index contributed by atoms with van der Waals surface area (Å²) >= 11 is 0. The molecule has 1 aromatic heterocycles. The molecule has 7 nitrogen and oxygen atoms in total. The standard InChI is InChI=1S/C15H19N3O4S/c1-4-5-14-16-15(22-17-14)9-7-11-6-8-13(21-2)12(10-11)18-23(3,19)20/h6-10,18H,4-5H2,1-3H3/b9-7+. The van der Waals surface area contributed by atoms with Gasteiger partial charge in [-0.2, -0.15) is 4.98 Å². The van der Waals surface area contributed by atoms with E-state index in [1.807, 2.05) is 6.92 Å².